The summed E-state index contributed by atoms with van der Waals surface area (Å²) in [5.41, 5.74) is 0. The maximum Gasteiger partial charge on any atom is 0.220 e. The van der Waals surface area contributed by atoms with Gasteiger partial charge in [-0.25, -0.2) is 0 Å². The maximum absolute atomic E-state index is 11.5. The molecule has 0 spiro atoms. The second-order valence-electron chi connectivity index (χ2n) is 4.18. The van der Waals surface area contributed by atoms with E-state index in [1.165, 1.54) is 4.88 Å². The first-order chi connectivity index (χ1) is 8.22. The predicted molar refractivity (Wildman–Crippen MR) is 71.2 cm³/mol. The van der Waals surface area contributed by atoms with Crippen LogP contribution in [0.5, 0.6) is 0 Å². The molecule has 2 N–H and O–H groups in total. The molecule has 0 aromatic carbocycles. The Morgan fingerprint density at radius 2 is 2.41 bits per heavy atom. The summed E-state index contributed by atoms with van der Waals surface area (Å²) < 4.78 is 0. The number of nitrogens with one attached hydrogen (secondary N) is 1. The van der Waals surface area contributed by atoms with E-state index in [0.717, 1.165) is 25.7 Å². The zero-order valence-electron chi connectivity index (χ0n) is 10.3. The lowest BCUT2D eigenvalue weighted by Gasteiger charge is -2.10. The van der Waals surface area contributed by atoms with Crippen molar-refractivity contribution in [2.45, 2.75) is 45.1 Å². The van der Waals surface area contributed by atoms with Gasteiger partial charge in [-0.3, -0.25) is 4.79 Å². The quantitative estimate of drug-likeness (QED) is 0.749. The van der Waals surface area contributed by atoms with Crippen molar-refractivity contribution in [2.75, 3.05) is 6.54 Å². The molecule has 1 aromatic heterocycles. The number of hydrogen-bond donors (Lipinski definition) is 2. The van der Waals surface area contributed by atoms with Gasteiger partial charge in [0, 0.05) is 17.8 Å². The highest BCUT2D eigenvalue weighted by atomic mass is 32.1. The molecular weight excluding hydrogens is 234 g/mol. The fourth-order valence-corrected chi connectivity index (χ4v) is 2.38. The van der Waals surface area contributed by atoms with Crippen LogP contribution < -0.4 is 5.32 Å². The highest BCUT2D eigenvalue weighted by Gasteiger charge is 2.06. The number of hydrogen-bond acceptors (Lipinski definition) is 3. The van der Waals surface area contributed by atoms with E-state index in [-0.39, 0.29) is 5.91 Å². The van der Waals surface area contributed by atoms with Crippen molar-refractivity contribution >= 4 is 17.2 Å². The minimum Gasteiger partial charge on any atom is -0.391 e. The summed E-state index contributed by atoms with van der Waals surface area (Å²) in [5.74, 6) is 0.0386. The Hall–Kier alpha value is -0.870. The van der Waals surface area contributed by atoms with Gasteiger partial charge >= 0.3 is 0 Å². The molecule has 0 aliphatic rings. The van der Waals surface area contributed by atoms with E-state index in [9.17, 15) is 9.90 Å². The van der Waals surface area contributed by atoms with E-state index in [2.05, 4.69) is 16.8 Å². The fourth-order valence-electron chi connectivity index (χ4n) is 1.63. The van der Waals surface area contributed by atoms with E-state index in [1.54, 1.807) is 11.3 Å². The highest BCUT2D eigenvalue weighted by molar-refractivity contribution is 7.09. The molecule has 0 radical (unpaired) electrons. The number of aliphatic hydroxyl groups is 1. The third-order valence-electron chi connectivity index (χ3n) is 2.56. The third-order valence-corrected chi connectivity index (χ3v) is 3.50. The average Bonchev–Trinajstić information content (AvgIpc) is 2.80. The average molecular weight is 255 g/mol. The number of rotatable bonds is 8. The van der Waals surface area contributed by atoms with Crippen molar-refractivity contribution in [1.29, 1.82) is 0 Å². The highest BCUT2D eigenvalue weighted by Crippen LogP contribution is 2.11. The molecule has 1 atom stereocenters. The van der Waals surface area contributed by atoms with Gasteiger partial charge in [0.15, 0.2) is 0 Å². The lowest BCUT2D eigenvalue weighted by Crippen LogP contribution is -2.31. The maximum atomic E-state index is 11.5. The second-order valence-corrected chi connectivity index (χ2v) is 5.21. The largest absolute Gasteiger partial charge is 0.391 e. The van der Waals surface area contributed by atoms with Gasteiger partial charge in [-0.05, 0) is 30.7 Å². The van der Waals surface area contributed by atoms with E-state index < -0.39 is 6.10 Å². The normalized spacial score (nSPS) is 12.4. The van der Waals surface area contributed by atoms with Crippen molar-refractivity contribution in [2.24, 2.45) is 0 Å². The van der Waals surface area contributed by atoms with Gasteiger partial charge in [-0.2, -0.15) is 0 Å². The van der Waals surface area contributed by atoms with Crippen LogP contribution in [0.1, 0.15) is 37.5 Å². The number of thiophene rings is 1. The fraction of sp³-hybridized carbons (Fsp3) is 0.615. The van der Waals surface area contributed by atoms with Crippen molar-refractivity contribution in [3.63, 3.8) is 0 Å². The summed E-state index contributed by atoms with van der Waals surface area (Å²) >= 11 is 1.73. The van der Waals surface area contributed by atoms with Crippen LogP contribution in [-0.4, -0.2) is 23.7 Å². The van der Waals surface area contributed by atoms with Gasteiger partial charge in [0.05, 0.1) is 6.10 Å². The molecule has 0 fully saturated rings. The van der Waals surface area contributed by atoms with E-state index >= 15 is 0 Å². The molecule has 96 valence electrons. The zero-order chi connectivity index (χ0) is 12.5. The van der Waals surface area contributed by atoms with Gasteiger partial charge in [0.25, 0.3) is 0 Å². The summed E-state index contributed by atoms with van der Waals surface area (Å²) in [6.07, 6.45) is 3.65. The molecule has 0 aliphatic carbocycles. The number of carbonyl (C=O) groups is 1. The van der Waals surface area contributed by atoms with Gasteiger partial charge in [-0.1, -0.05) is 19.4 Å². The summed E-state index contributed by atoms with van der Waals surface area (Å²) in [6.45, 7) is 2.40. The first-order valence-electron chi connectivity index (χ1n) is 6.19. The molecule has 0 bridgehead atoms. The first kappa shape index (κ1) is 14.2. The monoisotopic (exact) mass is 255 g/mol. The predicted octanol–water partition coefficient (Wildman–Crippen LogP) is 2.35. The van der Waals surface area contributed by atoms with Gasteiger partial charge in [-0.15, -0.1) is 11.3 Å². The second kappa shape index (κ2) is 8.25. The minimum atomic E-state index is -0.402. The van der Waals surface area contributed by atoms with E-state index in [4.69, 9.17) is 0 Å². The molecule has 4 heteroatoms. The van der Waals surface area contributed by atoms with Crippen LogP contribution in [0.3, 0.4) is 0 Å². The molecule has 0 aliphatic heterocycles. The smallest absolute Gasteiger partial charge is 0.220 e. The zero-order valence-corrected chi connectivity index (χ0v) is 11.1. The summed E-state index contributed by atoms with van der Waals surface area (Å²) in [7, 11) is 0. The Morgan fingerprint density at radius 1 is 1.59 bits per heavy atom. The Morgan fingerprint density at radius 3 is 3.06 bits per heavy atom. The molecule has 0 saturated heterocycles. The van der Waals surface area contributed by atoms with Crippen LogP contribution in [0.15, 0.2) is 17.5 Å². The van der Waals surface area contributed by atoms with Gasteiger partial charge < -0.3 is 10.4 Å². The Bertz CT molecular complexity index is 311. The molecular formula is C13H21NO2S. The summed E-state index contributed by atoms with van der Waals surface area (Å²) in [4.78, 5) is 12.8. The molecule has 1 rings (SSSR count). The molecule has 1 aromatic rings. The molecule has 0 saturated carbocycles. The Labute approximate surface area is 107 Å². The molecule has 3 nitrogen and oxygen atoms in total. The van der Waals surface area contributed by atoms with Crippen LogP contribution in [-0.2, 0) is 11.2 Å². The van der Waals surface area contributed by atoms with Crippen LogP contribution in [0, 0.1) is 0 Å². The van der Waals surface area contributed by atoms with Crippen LogP contribution in [0.4, 0.5) is 0 Å². The topological polar surface area (TPSA) is 49.3 Å². The van der Waals surface area contributed by atoms with Crippen LogP contribution >= 0.6 is 11.3 Å². The molecule has 1 unspecified atom stereocenters. The van der Waals surface area contributed by atoms with E-state index in [1.807, 2.05) is 13.0 Å². The van der Waals surface area contributed by atoms with Crippen molar-refractivity contribution in [3.05, 3.63) is 22.4 Å². The Balaban J connectivity index is 2.05. The van der Waals surface area contributed by atoms with Crippen molar-refractivity contribution in [1.82, 2.24) is 5.32 Å². The standard InChI is InChI=1S/C13H21NO2S/c1-2-5-11(15)10-14-13(16)8-3-6-12-7-4-9-17-12/h4,7,9,11,15H,2-3,5-6,8,10H2,1H3,(H,14,16). The third kappa shape index (κ3) is 6.44. The lowest BCUT2D eigenvalue weighted by atomic mass is 10.2. The Kier molecular flexibility index (Phi) is 6.89. The molecule has 1 amide bonds. The minimum absolute atomic E-state index is 0.0386. The summed E-state index contributed by atoms with van der Waals surface area (Å²) in [5, 5.41) is 14.3. The summed E-state index contributed by atoms with van der Waals surface area (Å²) in [6, 6.07) is 4.12. The van der Waals surface area contributed by atoms with Crippen LogP contribution in [0.2, 0.25) is 0 Å². The number of amides is 1. The molecule has 17 heavy (non-hydrogen) atoms. The van der Waals surface area contributed by atoms with Crippen LogP contribution in [0.25, 0.3) is 0 Å². The van der Waals surface area contributed by atoms with Gasteiger partial charge in [0.1, 0.15) is 0 Å². The SMILES string of the molecule is CCCC(O)CNC(=O)CCCc1cccs1. The first-order valence-corrected chi connectivity index (χ1v) is 7.07. The van der Waals surface area contributed by atoms with Gasteiger partial charge in [0.2, 0.25) is 5.91 Å². The number of aliphatic hydroxyl groups excluding tert-OH is 1. The molecule has 1 heterocycles. The van der Waals surface area contributed by atoms with Crippen molar-refractivity contribution < 1.29 is 9.90 Å². The van der Waals surface area contributed by atoms with Crippen molar-refractivity contribution in [3.8, 4) is 0 Å². The number of carbonyl (C=O) groups excluding carboxylic acids is 1. The van der Waals surface area contributed by atoms with E-state index in [0.29, 0.717) is 13.0 Å². The number of aryl methyl sites for hydroxylation is 1. The lowest BCUT2D eigenvalue weighted by molar-refractivity contribution is -0.121.